The number of nitrogens with zero attached hydrogens (tertiary/aromatic N) is 5. The van der Waals surface area contributed by atoms with Gasteiger partial charge in [-0.05, 0) is 47.9 Å². The van der Waals surface area contributed by atoms with Crippen molar-refractivity contribution in [3.05, 3.63) is 108 Å². The molecule has 8 nitrogen and oxygen atoms in total. The second-order valence-corrected chi connectivity index (χ2v) is 19.1. The molecule has 1 atom stereocenters. The van der Waals surface area contributed by atoms with E-state index >= 15 is 0 Å². The second kappa shape index (κ2) is 16.0. The minimum atomic E-state index is -2.58. The second-order valence-electron chi connectivity index (χ2n) is 14.8. The normalized spacial score (nSPS) is 17.3. The van der Waals surface area contributed by atoms with Gasteiger partial charge in [-0.3, -0.25) is 4.90 Å². The Morgan fingerprint density at radius 3 is 2.14 bits per heavy atom. The molecule has 0 radical (unpaired) electrons. The molecule has 3 heterocycles. The van der Waals surface area contributed by atoms with Crippen LogP contribution in [0.5, 0.6) is 6.01 Å². The molecule has 1 N–H and O–H groups in total. The van der Waals surface area contributed by atoms with E-state index in [9.17, 15) is 0 Å². The van der Waals surface area contributed by atoms with Crippen molar-refractivity contribution in [2.24, 2.45) is 0 Å². The zero-order chi connectivity index (χ0) is 34.3. The van der Waals surface area contributed by atoms with Gasteiger partial charge in [0.25, 0.3) is 8.32 Å². The van der Waals surface area contributed by atoms with Crippen LogP contribution in [0.2, 0.25) is 5.04 Å². The molecule has 1 fully saturated rings. The van der Waals surface area contributed by atoms with Gasteiger partial charge in [0.05, 0.1) is 5.69 Å². The lowest BCUT2D eigenvalue weighted by atomic mass is 10.0. The summed E-state index contributed by atoms with van der Waals surface area (Å²) < 4.78 is 13.4. The first-order valence-corrected chi connectivity index (χ1v) is 19.8. The van der Waals surface area contributed by atoms with Crippen molar-refractivity contribution in [1.82, 2.24) is 25.1 Å². The lowest BCUT2D eigenvalue weighted by molar-refractivity contribution is 0.227. The smallest absolute Gasteiger partial charge is 0.318 e. The van der Waals surface area contributed by atoms with Crippen LogP contribution >= 0.6 is 0 Å². The first kappa shape index (κ1) is 35.2. The predicted molar refractivity (Wildman–Crippen MR) is 203 cm³/mol. The van der Waals surface area contributed by atoms with Gasteiger partial charge in [-0.25, -0.2) is 0 Å². The molecular formula is C40H54N6O2Si. The fourth-order valence-corrected chi connectivity index (χ4v) is 12.0. The van der Waals surface area contributed by atoms with Gasteiger partial charge < -0.3 is 24.3 Å². The van der Waals surface area contributed by atoms with Gasteiger partial charge in [-0.1, -0.05) is 112 Å². The van der Waals surface area contributed by atoms with Crippen molar-refractivity contribution in [3.63, 3.8) is 0 Å². The molecule has 9 heteroatoms. The zero-order valence-corrected chi connectivity index (χ0v) is 31.1. The van der Waals surface area contributed by atoms with E-state index in [2.05, 4.69) is 146 Å². The molecular weight excluding hydrogens is 625 g/mol. The van der Waals surface area contributed by atoms with Crippen molar-refractivity contribution >= 4 is 24.5 Å². The number of nitrogens with one attached hydrogen (secondary N) is 1. The number of piperazine rings is 1. The van der Waals surface area contributed by atoms with E-state index < -0.39 is 8.32 Å². The molecule has 0 aliphatic carbocycles. The number of benzene rings is 3. The number of ether oxygens (including phenoxy) is 1. The molecule has 0 bridgehead atoms. The minimum Gasteiger partial charge on any atom is -0.462 e. The van der Waals surface area contributed by atoms with E-state index in [-0.39, 0.29) is 11.1 Å². The standard InChI is InChI=1S/C40H54N6O2Si/c1-40(2,3)49(34-17-11-7-12-18-34,35-19-13-8-14-20-35)48-27-22-33-30-46(25-23-41-33)38-36-21-24-45(29-32-15-9-6-10-16-32)31-37(36)42-39(43-38)47-28-26-44(4)5/h6-20,33,41H,21-31H2,1-5H3. The van der Waals surface area contributed by atoms with Crippen molar-refractivity contribution in [1.29, 1.82) is 0 Å². The maximum Gasteiger partial charge on any atom is 0.318 e. The fourth-order valence-electron chi connectivity index (χ4n) is 7.39. The summed E-state index contributed by atoms with van der Waals surface area (Å²) in [5, 5.41) is 6.41. The molecule has 2 aliphatic heterocycles. The summed E-state index contributed by atoms with van der Waals surface area (Å²) in [6.07, 6.45) is 1.85. The highest BCUT2D eigenvalue weighted by molar-refractivity contribution is 6.99. The van der Waals surface area contributed by atoms with E-state index in [1.807, 2.05) is 0 Å². The van der Waals surface area contributed by atoms with Crippen molar-refractivity contribution < 1.29 is 9.16 Å². The van der Waals surface area contributed by atoms with E-state index in [0.717, 1.165) is 70.2 Å². The van der Waals surface area contributed by atoms with Crippen LogP contribution in [0.25, 0.3) is 0 Å². The van der Waals surface area contributed by atoms with Crippen molar-refractivity contribution in [2.45, 2.75) is 57.8 Å². The minimum absolute atomic E-state index is 0.0425. The van der Waals surface area contributed by atoms with Gasteiger partial charge in [0, 0.05) is 64.0 Å². The van der Waals surface area contributed by atoms with Crippen LogP contribution in [-0.4, -0.2) is 94.2 Å². The lowest BCUT2D eigenvalue weighted by Crippen LogP contribution is -2.66. The third kappa shape index (κ3) is 8.41. The van der Waals surface area contributed by atoms with E-state index in [4.69, 9.17) is 19.1 Å². The fraction of sp³-hybridized carbons (Fsp3) is 0.450. The highest BCUT2D eigenvalue weighted by Crippen LogP contribution is 2.37. The Kier molecular flexibility index (Phi) is 11.5. The van der Waals surface area contributed by atoms with Gasteiger partial charge >= 0.3 is 6.01 Å². The number of anilines is 1. The molecule has 2 aliphatic rings. The van der Waals surface area contributed by atoms with Crippen LogP contribution in [0.4, 0.5) is 5.82 Å². The van der Waals surface area contributed by atoms with Gasteiger partial charge in [0.15, 0.2) is 0 Å². The van der Waals surface area contributed by atoms with Crippen molar-refractivity contribution in [2.75, 3.05) is 64.9 Å². The zero-order valence-electron chi connectivity index (χ0n) is 30.1. The van der Waals surface area contributed by atoms with E-state index in [0.29, 0.717) is 19.2 Å². The molecule has 260 valence electrons. The first-order chi connectivity index (χ1) is 23.7. The molecule has 3 aromatic carbocycles. The Morgan fingerprint density at radius 2 is 1.51 bits per heavy atom. The Hall–Kier alpha value is -3.60. The topological polar surface area (TPSA) is 66.0 Å². The number of aromatic nitrogens is 2. The van der Waals surface area contributed by atoms with Crippen LogP contribution in [0, 0.1) is 0 Å². The number of rotatable bonds is 13. The first-order valence-electron chi connectivity index (χ1n) is 17.9. The quantitative estimate of drug-likeness (QED) is 0.204. The molecule has 1 aromatic heterocycles. The molecule has 49 heavy (non-hydrogen) atoms. The number of hydrogen-bond acceptors (Lipinski definition) is 8. The molecule has 0 saturated carbocycles. The third-order valence-electron chi connectivity index (χ3n) is 9.88. The van der Waals surface area contributed by atoms with E-state index in [1.165, 1.54) is 21.5 Å². The average molecular weight is 679 g/mol. The van der Waals surface area contributed by atoms with Crippen molar-refractivity contribution in [3.8, 4) is 6.01 Å². The Morgan fingerprint density at radius 1 is 0.857 bits per heavy atom. The maximum absolute atomic E-state index is 7.27. The Balaban J connectivity index is 1.20. The van der Waals surface area contributed by atoms with Gasteiger partial charge in [-0.15, -0.1) is 0 Å². The largest absolute Gasteiger partial charge is 0.462 e. The number of likely N-dealkylation sites (N-methyl/N-ethyl adjacent to an activating group) is 1. The Bertz CT molecular complexity index is 1580. The summed E-state index contributed by atoms with van der Waals surface area (Å²) in [4.78, 5) is 17.1. The van der Waals surface area contributed by atoms with Crippen LogP contribution in [0.15, 0.2) is 91.0 Å². The molecule has 4 aromatic rings. The van der Waals surface area contributed by atoms with Gasteiger partial charge in [0.1, 0.15) is 12.4 Å². The molecule has 1 unspecified atom stereocenters. The summed E-state index contributed by atoms with van der Waals surface area (Å²) in [7, 11) is 1.53. The van der Waals surface area contributed by atoms with Crippen LogP contribution < -0.4 is 25.3 Å². The summed E-state index contributed by atoms with van der Waals surface area (Å²) in [6.45, 7) is 14.5. The molecule has 1 saturated heterocycles. The third-order valence-corrected chi connectivity index (χ3v) is 14.9. The summed E-state index contributed by atoms with van der Waals surface area (Å²) in [5.74, 6) is 1.05. The highest BCUT2D eigenvalue weighted by Gasteiger charge is 2.50. The van der Waals surface area contributed by atoms with Gasteiger partial charge in [0.2, 0.25) is 0 Å². The predicted octanol–water partition coefficient (Wildman–Crippen LogP) is 4.72. The summed E-state index contributed by atoms with van der Waals surface area (Å²) in [5.41, 5.74) is 3.69. The highest BCUT2D eigenvalue weighted by atomic mass is 28.4. The average Bonchev–Trinajstić information content (AvgIpc) is 3.10. The maximum atomic E-state index is 7.27. The summed E-state index contributed by atoms with van der Waals surface area (Å²) >= 11 is 0. The Labute approximate surface area is 294 Å². The lowest BCUT2D eigenvalue weighted by Gasteiger charge is -2.43. The number of fused-ring (bicyclic) bond motifs is 1. The molecule has 0 amide bonds. The van der Waals surface area contributed by atoms with Gasteiger partial charge in [-0.2, -0.15) is 9.97 Å². The molecule has 0 spiro atoms. The van der Waals surface area contributed by atoms with Crippen LogP contribution in [0.1, 0.15) is 44.0 Å². The summed E-state index contributed by atoms with van der Waals surface area (Å²) in [6, 6.07) is 33.4. The molecule has 6 rings (SSSR count). The van der Waals surface area contributed by atoms with E-state index in [1.54, 1.807) is 0 Å². The monoisotopic (exact) mass is 678 g/mol. The number of hydrogen-bond donors (Lipinski definition) is 1. The SMILES string of the molecule is CN(C)CCOc1nc2c(c(N3CCNC(CCO[Si](c4ccccc4)(c4ccccc4)C(C)(C)C)C3)n1)CCN(Cc1ccccc1)C2. The van der Waals surface area contributed by atoms with Crippen LogP contribution in [-0.2, 0) is 23.9 Å². The van der Waals surface area contributed by atoms with Crippen LogP contribution in [0.3, 0.4) is 0 Å².